The number of benzene rings is 3. The predicted octanol–water partition coefficient (Wildman–Crippen LogP) is 2.57. The summed E-state index contributed by atoms with van der Waals surface area (Å²) in [5.74, 6) is -2.46. The van der Waals surface area contributed by atoms with Crippen LogP contribution in [0.3, 0.4) is 0 Å². The van der Waals surface area contributed by atoms with Gasteiger partial charge in [-0.05, 0) is 23.3 Å². The Balaban J connectivity index is 0.000000209. The van der Waals surface area contributed by atoms with Crippen molar-refractivity contribution in [2.24, 2.45) is 0 Å². The molecule has 2 aliphatic rings. The summed E-state index contributed by atoms with van der Waals surface area (Å²) in [4.78, 5) is 26.9. The van der Waals surface area contributed by atoms with E-state index in [0.29, 0.717) is 22.6 Å². The normalized spacial score (nSPS) is 15.8. The maximum Gasteiger partial charge on any atom is 0.275 e. The molecular weight excluding hydrogens is 560 g/mol. The highest BCUT2D eigenvalue weighted by atomic mass is 16.6. The monoisotopic (exact) mass is 585 g/mol. The van der Waals surface area contributed by atoms with Crippen LogP contribution >= 0.6 is 0 Å². The van der Waals surface area contributed by atoms with Gasteiger partial charge < -0.3 is 34.4 Å². The van der Waals surface area contributed by atoms with Crippen molar-refractivity contribution in [1.82, 2.24) is 0 Å². The molecule has 16 nitrogen and oxygen atoms in total. The second kappa shape index (κ2) is 10.5. The number of fused-ring (bicyclic) bond motifs is 2. The van der Waals surface area contributed by atoms with Gasteiger partial charge in [-0.3, -0.25) is 30.3 Å². The molecule has 0 radical (unpaired) electrons. The summed E-state index contributed by atoms with van der Waals surface area (Å²) < 4.78 is 11.6. The quantitative estimate of drug-likeness (QED) is 0.250. The number of hydrogen-bond acceptors (Lipinski definition) is 12. The molecule has 42 heavy (non-hydrogen) atoms. The van der Waals surface area contributed by atoms with E-state index in [1.165, 1.54) is 12.7 Å². The lowest BCUT2D eigenvalue weighted by Crippen LogP contribution is -2.49. The minimum absolute atomic E-state index is 0.0834. The van der Waals surface area contributed by atoms with E-state index in [0.717, 1.165) is 35.0 Å². The van der Waals surface area contributed by atoms with Crippen molar-refractivity contribution in [2.75, 3.05) is 34.9 Å². The van der Waals surface area contributed by atoms with Gasteiger partial charge >= 0.3 is 0 Å². The first kappa shape index (κ1) is 29.6. The number of methoxy groups -OCH3 is 2. The first-order valence-electron chi connectivity index (χ1n) is 12.3. The summed E-state index contributed by atoms with van der Waals surface area (Å²) in [5, 5.41) is 75.0. The van der Waals surface area contributed by atoms with Gasteiger partial charge in [0.25, 0.3) is 17.1 Å². The minimum atomic E-state index is -1.75. The molecule has 0 aromatic heterocycles. The zero-order chi connectivity index (χ0) is 31.3. The molecule has 222 valence electrons. The van der Waals surface area contributed by atoms with E-state index in [9.17, 15) is 50.8 Å². The predicted molar refractivity (Wildman–Crippen MR) is 141 cm³/mol. The maximum absolute atomic E-state index is 11.1. The Hall–Kier alpha value is -5.38. The van der Waals surface area contributed by atoms with Crippen LogP contribution in [0, 0.1) is 30.3 Å². The number of phenolic OH excluding ortho intramolecular Hbond substituents is 2. The molecule has 1 heterocycles. The second-order valence-corrected chi connectivity index (χ2v) is 10.2. The number of rotatable bonds is 5. The van der Waals surface area contributed by atoms with Gasteiger partial charge in [0.05, 0.1) is 67.2 Å². The lowest BCUT2D eigenvalue weighted by atomic mass is 9.75. The van der Waals surface area contributed by atoms with Gasteiger partial charge in [0.15, 0.2) is 23.0 Å². The largest absolute Gasteiger partial charge is 0.863 e. The van der Waals surface area contributed by atoms with Crippen LogP contribution in [0.25, 0.3) is 11.1 Å². The van der Waals surface area contributed by atoms with Crippen molar-refractivity contribution < 1.29 is 49.2 Å². The van der Waals surface area contributed by atoms with Crippen molar-refractivity contribution >= 4 is 17.1 Å². The number of nitro benzene ring substituents is 3. The number of likely N-dealkylation sites (N-methyl/N-ethyl adjacent to an activating group) is 1. The Morgan fingerprint density at radius 3 is 1.86 bits per heavy atom. The Morgan fingerprint density at radius 1 is 0.810 bits per heavy atom. The van der Waals surface area contributed by atoms with Crippen LogP contribution in [-0.4, -0.2) is 64.3 Å². The Bertz CT molecular complexity index is 1620. The Labute approximate surface area is 237 Å². The van der Waals surface area contributed by atoms with Crippen LogP contribution < -0.4 is 19.7 Å². The van der Waals surface area contributed by atoms with E-state index in [-0.39, 0.29) is 23.6 Å². The molecule has 0 saturated heterocycles. The van der Waals surface area contributed by atoms with Gasteiger partial charge in [-0.25, -0.2) is 0 Å². The van der Waals surface area contributed by atoms with Gasteiger partial charge in [-0.1, -0.05) is 6.07 Å². The average Bonchev–Trinajstić information content (AvgIpc) is 2.91. The molecule has 3 aromatic rings. The molecule has 0 unspecified atom stereocenters. The summed E-state index contributed by atoms with van der Waals surface area (Å²) in [5.41, 5.74) is 0.244. The summed E-state index contributed by atoms with van der Waals surface area (Å²) >= 11 is 0. The zero-order valence-corrected chi connectivity index (χ0v) is 22.8. The summed E-state index contributed by atoms with van der Waals surface area (Å²) in [7, 11) is 7.55. The van der Waals surface area contributed by atoms with Gasteiger partial charge in [0.1, 0.15) is 6.04 Å². The molecular formula is C26H25N4O12-. The van der Waals surface area contributed by atoms with Gasteiger partial charge in [-0.2, -0.15) is 0 Å². The second-order valence-electron chi connectivity index (χ2n) is 10.2. The molecule has 0 fully saturated rings. The minimum Gasteiger partial charge on any atom is -0.863 e. The van der Waals surface area contributed by atoms with E-state index in [4.69, 9.17) is 9.47 Å². The lowest BCUT2D eigenvalue weighted by molar-refractivity contribution is -0.923. The van der Waals surface area contributed by atoms with E-state index in [2.05, 4.69) is 14.1 Å². The standard InChI is InChI=1S/C20H23NO4.C6H3N3O8/c1-21(2)8-7-12-10-15(25-4)20(23)18-16(12)13(21)9-11-5-6-14(24-3)19(22)17(11)18;10-5-2(7(12)13)1-3(8(14)15)6(11)4(5)9(16)17/h5-6,10,13H,7-9H2,1-4H3,(H-,22,23);1,10-11H/p-1/t13-;/m0./s1. The topological polar surface area (TPSA) is 234 Å². The Morgan fingerprint density at radius 2 is 1.36 bits per heavy atom. The van der Waals surface area contributed by atoms with Crippen molar-refractivity contribution in [3.63, 3.8) is 0 Å². The molecule has 1 aliphatic carbocycles. The first-order chi connectivity index (χ1) is 19.7. The van der Waals surface area contributed by atoms with Crippen molar-refractivity contribution in [2.45, 2.75) is 18.9 Å². The van der Waals surface area contributed by atoms with Gasteiger partial charge in [0, 0.05) is 29.5 Å². The molecule has 0 amide bonds. The molecule has 2 N–H and O–H groups in total. The van der Waals surface area contributed by atoms with E-state index >= 15 is 0 Å². The van der Waals surface area contributed by atoms with Crippen molar-refractivity contribution in [3.8, 4) is 45.6 Å². The van der Waals surface area contributed by atoms with Crippen LogP contribution in [0.4, 0.5) is 17.1 Å². The molecule has 5 rings (SSSR count). The van der Waals surface area contributed by atoms with Crippen LogP contribution in [0.2, 0.25) is 0 Å². The number of phenols is 2. The number of aromatic hydroxyl groups is 2. The van der Waals surface area contributed by atoms with E-state index < -0.39 is 43.3 Å². The number of ether oxygens (including phenoxy) is 2. The molecule has 3 aromatic carbocycles. The third-order valence-corrected chi connectivity index (χ3v) is 7.60. The average molecular weight is 586 g/mol. The highest BCUT2D eigenvalue weighted by Gasteiger charge is 2.44. The zero-order valence-electron chi connectivity index (χ0n) is 22.8. The number of hydrogen-bond donors (Lipinski definition) is 2. The molecule has 0 spiro atoms. The number of nitro groups is 3. The van der Waals surface area contributed by atoms with Gasteiger partial charge in [-0.15, -0.1) is 0 Å². The van der Waals surface area contributed by atoms with Crippen molar-refractivity contribution in [1.29, 1.82) is 0 Å². The molecule has 1 atom stereocenters. The molecule has 1 aliphatic heterocycles. The first-order valence-corrected chi connectivity index (χ1v) is 12.3. The fraction of sp³-hybridized carbons (Fsp3) is 0.308. The molecule has 0 saturated carbocycles. The summed E-state index contributed by atoms with van der Waals surface area (Å²) in [6.45, 7) is 1.03. The molecule has 16 heteroatoms. The van der Waals surface area contributed by atoms with E-state index in [1.807, 2.05) is 12.1 Å². The maximum atomic E-state index is 11.1. The third-order valence-electron chi connectivity index (χ3n) is 7.60. The number of quaternary nitrogens is 1. The van der Waals surface area contributed by atoms with Crippen molar-refractivity contribution in [3.05, 3.63) is 71.3 Å². The summed E-state index contributed by atoms with van der Waals surface area (Å²) in [6, 6.07) is 6.08. The molecule has 0 bridgehead atoms. The van der Waals surface area contributed by atoms with Crippen LogP contribution in [0.15, 0.2) is 24.3 Å². The Kier molecular flexibility index (Phi) is 7.43. The number of nitrogens with zero attached hydrogens (tertiary/aromatic N) is 4. The lowest BCUT2D eigenvalue weighted by Gasteiger charge is -2.46. The smallest absolute Gasteiger partial charge is 0.275 e. The van der Waals surface area contributed by atoms with Crippen LogP contribution in [-0.2, 0) is 12.8 Å². The SMILES string of the molecule is COc1ccc2c(c1O)-c1c(O)c(OC)cc3c1[C@H](C2)[N+](C)(C)CC3.O=[N+]([O-])c1cc([N+](=O)[O-])c([O-])c([N+](=O)[O-])c1[O-]. The van der Waals surface area contributed by atoms with Crippen LogP contribution in [0.5, 0.6) is 34.5 Å². The third kappa shape index (κ3) is 4.66. The summed E-state index contributed by atoms with van der Waals surface area (Å²) in [6.07, 6.45) is 1.74. The fourth-order valence-electron chi connectivity index (χ4n) is 5.45. The van der Waals surface area contributed by atoms with Crippen LogP contribution in [0.1, 0.15) is 22.7 Å². The fourth-order valence-corrected chi connectivity index (χ4v) is 5.45. The highest BCUT2D eigenvalue weighted by molar-refractivity contribution is 5.87. The highest BCUT2D eigenvalue weighted by Crippen LogP contribution is 2.56. The van der Waals surface area contributed by atoms with E-state index in [1.54, 1.807) is 13.2 Å². The van der Waals surface area contributed by atoms with Gasteiger partial charge in [0.2, 0.25) is 0 Å².